The van der Waals surface area contributed by atoms with Gasteiger partial charge in [0.25, 0.3) is 0 Å². The topological polar surface area (TPSA) is 14.1 Å². The molecule has 0 atom stereocenters. The van der Waals surface area contributed by atoms with Crippen LogP contribution in [0.4, 0.5) is 0 Å². The van der Waals surface area contributed by atoms with Crippen LogP contribution in [0.15, 0.2) is 0 Å². The van der Waals surface area contributed by atoms with Crippen molar-refractivity contribution in [3.05, 3.63) is 5.32 Å². The molecule has 0 fully saturated rings. The Bertz CT molecular complexity index is 10.0. The predicted molar refractivity (Wildman–Crippen MR) is 31.2 cm³/mol. The molecule has 0 rings (SSSR count). The second-order valence-corrected chi connectivity index (χ2v) is 0.632. The molecule has 0 aromatic rings. The van der Waals surface area contributed by atoms with Crippen molar-refractivity contribution < 1.29 is 18.6 Å². The molecule has 0 bridgehead atoms. The van der Waals surface area contributed by atoms with Gasteiger partial charge in [-0.25, -0.2) is 0 Å². The van der Waals surface area contributed by atoms with E-state index in [-0.39, 0.29) is 18.6 Å². The maximum atomic E-state index is 3.74. The molecule has 0 amide bonds. The van der Waals surface area contributed by atoms with E-state index in [4.69, 9.17) is 0 Å². The van der Waals surface area contributed by atoms with Gasteiger partial charge in [0.2, 0.25) is 0 Å². The molecule has 1 radical (unpaired) electrons. The summed E-state index contributed by atoms with van der Waals surface area (Å²) >= 11 is 0. The van der Waals surface area contributed by atoms with Crippen molar-refractivity contribution in [1.29, 1.82) is 0 Å². The first-order valence-corrected chi connectivity index (χ1v) is 2.47. The van der Waals surface area contributed by atoms with Crippen LogP contribution in [0.3, 0.4) is 0 Å². The number of hydrogen-bond acceptors (Lipinski definition) is 0. The Morgan fingerprint density at radius 3 is 1.43 bits per heavy atom. The van der Waals surface area contributed by atoms with Crippen LogP contribution in [-0.4, -0.2) is 13.6 Å². The summed E-state index contributed by atoms with van der Waals surface area (Å²) in [6, 6.07) is 0. The maximum absolute atomic E-state index is 3.74. The van der Waals surface area contributed by atoms with E-state index in [0.717, 1.165) is 6.54 Å². The first-order chi connectivity index (χ1) is 2.91. The van der Waals surface area contributed by atoms with E-state index in [9.17, 15) is 0 Å². The zero-order chi connectivity index (χ0) is 5.41. The van der Waals surface area contributed by atoms with Crippen molar-refractivity contribution in [2.24, 2.45) is 0 Å². The minimum Gasteiger partial charge on any atom is -0.665 e. The van der Waals surface area contributed by atoms with Gasteiger partial charge in [-0.05, 0) is 0 Å². The quantitative estimate of drug-likeness (QED) is 0.527. The monoisotopic (exact) mass is 139 g/mol. The molecule has 0 saturated carbocycles. The minimum absolute atomic E-state index is 0. The summed E-state index contributed by atoms with van der Waals surface area (Å²) in [7, 11) is 1.81. The third-order valence-corrected chi connectivity index (χ3v) is 0.316. The minimum atomic E-state index is 0. The average Bonchev–Trinajstić information content (AvgIpc) is 1.72. The largest absolute Gasteiger partial charge is 0.665 e. The summed E-state index contributed by atoms with van der Waals surface area (Å²) in [5, 5.41) is 3.74. The molecule has 0 aliphatic heterocycles. The van der Waals surface area contributed by atoms with E-state index in [2.05, 4.69) is 5.32 Å². The van der Waals surface area contributed by atoms with E-state index >= 15 is 0 Å². The summed E-state index contributed by atoms with van der Waals surface area (Å²) in [4.78, 5) is 0. The molecule has 0 aromatic heterocycles. The van der Waals surface area contributed by atoms with Crippen LogP contribution in [0.2, 0.25) is 0 Å². The zero-order valence-corrected chi connectivity index (χ0v) is 7.00. The second-order valence-electron chi connectivity index (χ2n) is 0.632. The molecule has 0 unspecified atom stereocenters. The smallest absolute Gasteiger partial charge is 0 e. The van der Waals surface area contributed by atoms with Gasteiger partial charge in [0.15, 0.2) is 0 Å². The molecule has 0 heterocycles. The maximum Gasteiger partial charge on any atom is 0 e. The number of nitrogens with zero attached hydrogens (tertiary/aromatic N) is 1. The Labute approximate surface area is 58.8 Å². The standard InChI is InChI=1S/C3H8N.C2H6.V/c1-3-4-2;1-2;/h3H2,1-2H3;1-2H3;/q-1;;. The fourth-order valence-electron chi connectivity index (χ4n) is 0. The van der Waals surface area contributed by atoms with Gasteiger partial charge in [-0.2, -0.15) is 13.6 Å². The molecular formula is C5H14NV-. The Kier molecular flexibility index (Phi) is 69.5. The fraction of sp³-hybridized carbons (Fsp3) is 1.00. The Hall–Kier alpha value is 0.544. The van der Waals surface area contributed by atoms with Crippen LogP contribution in [-0.2, 0) is 18.6 Å². The summed E-state index contributed by atoms with van der Waals surface area (Å²) in [5.74, 6) is 0. The van der Waals surface area contributed by atoms with E-state index < -0.39 is 0 Å². The van der Waals surface area contributed by atoms with Crippen LogP contribution < -0.4 is 0 Å². The molecule has 45 valence electrons. The van der Waals surface area contributed by atoms with Gasteiger partial charge in [-0.3, -0.25) is 0 Å². The summed E-state index contributed by atoms with van der Waals surface area (Å²) in [6.45, 7) is 6.96. The van der Waals surface area contributed by atoms with E-state index in [1.54, 1.807) is 7.05 Å². The summed E-state index contributed by atoms with van der Waals surface area (Å²) in [5.41, 5.74) is 0. The first kappa shape index (κ1) is 15.6. The fourth-order valence-corrected chi connectivity index (χ4v) is 0. The van der Waals surface area contributed by atoms with Crippen molar-refractivity contribution in [2.45, 2.75) is 20.8 Å². The van der Waals surface area contributed by atoms with E-state index in [0.29, 0.717) is 0 Å². The van der Waals surface area contributed by atoms with Crippen molar-refractivity contribution in [2.75, 3.05) is 13.6 Å². The number of hydrogen-bond donors (Lipinski definition) is 0. The Morgan fingerprint density at radius 1 is 1.29 bits per heavy atom. The van der Waals surface area contributed by atoms with Gasteiger partial charge in [-0.1, -0.05) is 20.8 Å². The van der Waals surface area contributed by atoms with Crippen LogP contribution in [0.1, 0.15) is 20.8 Å². The molecule has 2 heteroatoms. The Morgan fingerprint density at radius 2 is 1.43 bits per heavy atom. The molecule has 0 N–H and O–H groups in total. The van der Waals surface area contributed by atoms with Crippen molar-refractivity contribution in [3.63, 3.8) is 0 Å². The van der Waals surface area contributed by atoms with Crippen LogP contribution in [0.5, 0.6) is 0 Å². The van der Waals surface area contributed by atoms with Gasteiger partial charge in [-0.15, -0.1) is 0 Å². The van der Waals surface area contributed by atoms with Gasteiger partial charge >= 0.3 is 0 Å². The van der Waals surface area contributed by atoms with Gasteiger partial charge < -0.3 is 5.32 Å². The second kappa shape index (κ2) is 31.1. The number of rotatable bonds is 1. The van der Waals surface area contributed by atoms with E-state index in [1.807, 2.05) is 20.8 Å². The normalized spacial score (nSPS) is 5.14. The SMILES string of the molecule is CC.CC[N-]C.[V]. The van der Waals surface area contributed by atoms with Gasteiger partial charge in [0, 0.05) is 18.6 Å². The van der Waals surface area contributed by atoms with Crippen LogP contribution in [0, 0.1) is 0 Å². The molecule has 7 heavy (non-hydrogen) atoms. The van der Waals surface area contributed by atoms with Crippen molar-refractivity contribution in [3.8, 4) is 0 Å². The van der Waals surface area contributed by atoms with Crippen molar-refractivity contribution in [1.82, 2.24) is 0 Å². The zero-order valence-electron chi connectivity index (χ0n) is 5.60. The molecule has 0 spiro atoms. The summed E-state index contributed by atoms with van der Waals surface area (Å²) < 4.78 is 0. The van der Waals surface area contributed by atoms with Gasteiger partial charge in [0.1, 0.15) is 0 Å². The van der Waals surface area contributed by atoms with Gasteiger partial charge in [0.05, 0.1) is 0 Å². The molecule has 0 aliphatic carbocycles. The first-order valence-electron chi connectivity index (χ1n) is 2.47. The Balaban J connectivity index is -0.0000000480. The molecule has 0 aliphatic rings. The van der Waals surface area contributed by atoms with Crippen LogP contribution in [0.25, 0.3) is 5.32 Å². The predicted octanol–water partition coefficient (Wildman–Crippen LogP) is 2.03. The third kappa shape index (κ3) is 56.7. The summed E-state index contributed by atoms with van der Waals surface area (Å²) in [6.07, 6.45) is 0. The molecular weight excluding hydrogens is 125 g/mol. The molecule has 0 aromatic carbocycles. The third-order valence-electron chi connectivity index (χ3n) is 0.316. The van der Waals surface area contributed by atoms with Crippen molar-refractivity contribution >= 4 is 0 Å². The molecule has 1 nitrogen and oxygen atoms in total. The molecule has 0 saturated heterocycles. The van der Waals surface area contributed by atoms with Crippen LogP contribution >= 0.6 is 0 Å². The average molecular weight is 139 g/mol. The van der Waals surface area contributed by atoms with E-state index in [1.165, 1.54) is 0 Å².